The van der Waals surface area contributed by atoms with Gasteiger partial charge in [-0.15, -0.1) is 0 Å². The molecule has 5 nitrogen and oxygen atoms in total. The fourth-order valence-corrected chi connectivity index (χ4v) is 5.75. The van der Waals surface area contributed by atoms with Crippen LogP contribution in [0.1, 0.15) is 32.1 Å². The summed E-state index contributed by atoms with van der Waals surface area (Å²) in [6, 6.07) is 0. The van der Waals surface area contributed by atoms with Gasteiger partial charge in [0, 0.05) is 31.5 Å². The lowest BCUT2D eigenvalue weighted by Gasteiger charge is -2.38. The number of nitrogens with one attached hydrogen (secondary N) is 2. The Hall–Kier alpha value is -0.620. The first kappa shape index (κ1) is 13.4. The SMILES string of the molecule is O=C(CC1CC1)NCC12CCCS(=O)(=O)C1CNC2. The van der Waals surface area contributed by atoms with Gasteiger partial charge in [0.2, 0.25) is 5.91 Å². The normalized spacial score (nSPS) is 36.7. The van der Waals surface area contributed by atoms with Gasteiger partial charge in [-0.05, 0) is 31.6 Å². The summed E-state index contributed by atoms with van der Waals surface area (Å²) in [7, 11) is -2.99. The zero-order valence-corrected chi connectivity index (χ0v) is 12.0. The Morgan fingerprint density at radius 3 is 2.89 bits per heavy atom. The first-order chi connectivity index (χ1) is 9.02. The lowest BCUT2D eigenvalue weighted by atomic mass is 9.81. The minimum Gasteiger partial charge on any atom is -0.355 e. The molecule has 1 saturated carbocycles. The Labute approximate surface area is 114 Å². The fraction of sp³-hybridized carbons (Fsp3) is 0.923. The van der Waals surface area contributed by atoms with Gasteiger partial charge < -0.3 is 10.6 Å². The highest BCUT2D eigenvalue weighted by Crippen LogP contribution is 2.40. The Balaban J connectivity index is 1.65. The molecule has 3 aliphatic rings. The maximum atomic E-state index is 12.1. The molecular weight excluding hydrogens is 264 g/mol. The molecule has 3 fully saturated rings. The summed E-state index contributed by atoms with van der Waals surface area (Å²) in [5, 5.41) is 5.88. The van der Waals surface area contributed by atoms with Gasteiger partial charge in [0.05, 0.1) is 11.0 Å². The topological polar surface area (TPSA) is 75.3 Å². The summed E-state index contributed by atoms with van der Waals surface area (Å²) in [5.74, 6) is 0.965. The van der Waals surface area contributed by atoms with Crippen LogP contribution < -0.4 is 10.6 Å². The number of carbonyl (C=O) groups excluding carboxylic acids is 1. The third kappa shape index (κ3) is 2.65. The molecule has 2 aliphatic heterocycles. The van der Waals surface area contributed by atoms with Crippen molar-refractivity contribution in [3.8, 4) is 0 Å². The second-order valence-corrected chi connectivity index (χ2v) is 8.68. The van der Waals surface area contributed by atoms with Gasteiger partial charge in [-0.3, -0.25) is 4.79 Å². The van der Waals surface area contributed by atoms with Gasteiger partial charge in [-0.25, -0.2) is 8.42 Å². The van der Waals surface area contributed by atoms with Crippen LogP contribution in [-0.4, -0.2) is 45.0 Å². The van der Waals surface area contributed by atoms with E-state index in [1.165, 1.54) is 0 Å². The fourth-order valence-electron chi connectivity index (χ4n) is 3.50. The highest BCUT2D eigenvalue weighted by atomic mass is 32.2. The number of carbonyl (C=O) groups is 1. The van der Waals surface area contributed by atoms with Crippen LogP contribution in [0.5, 0.6) is 0 Å². The standard InChI is InChI=1S/C13H22N2O3S/c16-12(6-10-2-3-10)15-9-13-4-1-5-19(17,18)11(13)7-14-8-13/h10-11,14H,1-9H2,(H,15,16). The summed E-state index contributed by atoms with van der Waals surface area (Å²) < 4.78 is 24.3. The van der Waals surface area contributed by atoms with Gasteiger partial charge in [-0.2, -0.15) is 0 Å². The second-order valence-electron chi connectivity index (χ2n) is 6.38. The van der Waals surface area contributed by atoms with Crippen LogP contribution in [0.2, 0.25) is 0 Å². The van der Waals surface area contributed by atoms with Crippen molar-refractivity contribution in [2.45, 2.75) is 37.4 Å². The highest BCUT2D eigenvalue weighted by Gasteiger charge is 2.51. The molecule has 0 aromatic heterocycles. The highest BCUT2D eigenvalue weighted by molar-refractivity contribution is 7.92. The van der Waals surface area contributed by atoms with E-state index >= 15 is 0 Å². The van der Waals surface area contributed by atoms with Crippen molar-refractivity contribution in [1.29, 1.82) is 0 Å². The zero-order valence-electron chi connectivity index (χ0n) is 11.2. The van der Waals surface area contributed by atoms with E-state index in [1.807, 2.05) is 0 Å². The molecule has 3 rings (SSSR count). The molecule has 0 aromatic rings. The molecule has 2 heterocycles. The maximum absolute atomic E-state index is 12.1. The van der Waals surface area contributed by atoms with Crippen LogP contribution in [0, 0.1) is 11.3 Å². The second kappa shape index (κ2) is 4.74. The first-order valence-corrected chi connectivity index (χ1v) is 8.92. The Morgan fingerprint density at radius 2 is 2.16 bits per heavy atom. The molecule has 1 aliphatic carbocycles. The van der Waals surface area contributed by atoms with Crippen molar-refractivity contribution >= 4 is 15.7 Å². The van der Waals surface area contributed by atoms with Crippen LogP contribution in [0.3, 0.4) is 0 Å². The number of rotatable bonds is 4. The maximum Gasteiger partial charge on any atom is 0.220 e. The number of hydrogen-bond donors (Lipinski definition) is 2. The summed E-state index contributed by atoms with van der Waals surface area (Å²) >= 11 is 0. The number of amides is 1. The molecule has 19 heavy (non-hydrogen) atoms. The lowest BCUT2D eigenvalue weighted by Crippen LogP contribution is -2.51. The third-order valence-electron chi connectivity index (χ3n) is 4.84. The average molecular weight is 286 g/mol. The first-order valence-electron chi connectivity index (χ1n) is 7.21. The molecular formula is C13H22N2O3S. The van der Waals surface area contributed by atoms with Crippen LogP contribution >= 0.6 is 0 Å². The predicted octanol–water partition coefficient (Wildman–Crippen LogP) is 0.0695. The van der Waals surface area contributed by atoms with Crippen LogP contribution in [0.15, 0.2) is 0 Å². The van der Waals surface area contributed by atoms with E-state index in [0.29, 0.717) is 37.7 Å². The molecule has 0 bridgehead atoms. The van der Waals surface area contributed by atoms with Gasteiger partial charge in [0.25, 0.3) is 0 Å². The Kier molecular flexibility index (Phi) is 3.33. The van der Waals surface area contributed by atoms with Crippen LogP contribution in [0.4, 0.5) is 0 Å². The Morgan fingerprint density at radius 1 is 1.37 bits per heavy atom. The van der Waals surface area contributed by atoms with E-state index < -0.39 is 9.84 Å². The van der Waals surface area contributed by atoms with Crippen molar-refractivity contribution in [1.82, 2.24) is 10.6 Å². The summed E-state index contributed by atoms with van der Waals surface area (Å²) in [6.45, 7) is 1.76. The zero-order chi connectivity index (χ0) is 13.5. The van der Waals surface area contributed by atoms with Crippen molar-refractivity contribution in [3.63, 3.8) is 0 Å². The average Bonchev–Trinajstić information content (AvgIpc) is 3.03. The number of fused-ring (bicyclic) bond motifs is 1. The molecule has 2 N–H and O–H groups in total. The van der Waals surface area contributed by atoms with Gasteiger partial charge >= 0.3 is 0 Å². The van der Waals surface area contributed by atoms with Gasteiger partial charge in [-0.1, -0.05) is 0 Å². The van der Waals surface area contributed by atoms with Gasteiger partial charge in [0.1, 0.15) is 0 Å². The van der Waals surface area contributed by atoms with Crippen molar-refractivity contribution < 1.29 is 13.2 Å². The summed E-state index contributed by atoms with van der Waals surface area (Å²) in [4.78, 5) is 11.8. The molecule has 0 aromatic carbocycles. The van der Waals surface area contributed by atoms with Crippen molar-refractivity contribution in [2.75, 3.05) is 25.4 Å². The van der Waals surface area contributed by atoms with Crippen LogP contribution in [-0.2, 0) is 14.6 Å². The molecule has 2 saturated heterocycles. The molecule has 0 spiro atoms. The molecule has 2 unspecified atom stereocenters. The number of sulfone groups is 1. The third-order valence-corrected chi connectivity index (χ3v) is 7.23. The Bertz CT molecular complexity index is 472. The molecule has 6 heteroatoms. The number of hydrogen-bond acceptors (Lipinski definition) is 4. The minimum atomic E-state index is -2.99. The van der Waals surface area contributed by atoms with E-state index in [9.17, 15) is 13.2 Å². The summed E-state index contributed by atoms with van der Waals surface area (Å²) in [5.41, 5.74) is -0.268. The molecule has 1 amide bonds. The predicted molar refractivity (Wildman–Crippen MR) is 72.5 cm³/mol. The monoisotopic (exact) mass is 286 g/mol. The molecule has 2 atom stereocenters. The molecule has 108 valence electrons. The van der Waals surface area contributed by atoms with E-state index in [4.69, 9.17) is 0 Å². The summed E-state index contributed by atoms with van der Waals surface area (Å²) in [6.07, 6.45) is 4.56. The molecule has 0 radical (unpaired) electrons. The van der Waals surface area contributed by atoms with E-state index in [2.05, 4.69) is 10.6 Å². The lowest BCUT2D eigenvalue weighted by molar-refractivity contribution is -0.121. The van der Waals surface area contributed by atoms with Crippen molar-refractivity contribution in [3.05, 3.63) is 0 Å². The van der Waals surface area contributed by atoms with Crippen LogP contribution in [0.25, 0.3) is 0 Å². The minimum absolute atomic E-state index is 0.0884. The van der Waals surface area contributed by atoms with E-state index in [1.54, 1.807) is 0 Å². The van der Waals surface area contributed by atoms with E-state index in [-0.39, 0.29) is 16.6 Å². The van der Waals surface area contributed by atoms with Gasteiger partial charge in [0.15, 0.2) is 9.84 Å². The van der Waals surface area contributed by atoms with Crippen molar-refractivity contribution in [2.24, 2.45) is 11.3 Å². The smallest absolute Gasteiger partial charge is 0.220 e. The largest absolute Gasteiger partial charge is 0.355 e. The van der Waals surface area contributed by atoms with E-state index in [0.717, 1.165) is 25.7 Å². The quantitative estimate of drug-likeness (QED) is 0.767.